The first-order valence-corrected chi connectivity index (χ1v) is 11.6. The number of aromatic amines is 1. The highest BCUT2D eigenvalue weighted by Gasteiger charge is 2.13. The number of aryl methyl sites for hydroxylation is 1. The first kappa shape index (κ1) is 24.6. The molecule has 0 saturated carbocycles. The Hall–Kier alpha value is -1.46. The second kappa shape index (κ2) is 13.7. The molecule has 1 unspecified atom stereocenters. The van der Waals surface area contributed by atoms with Gasteiger partial charge in [-0.15, -0.1) is 0 Å². The van der Waals surface area contributed by atoms with E-state index in [0.717, 1.165) is 43.0 Å². The summed E-state index contributed by atoms with van der Waals surface area (Å²) in [5, 5.41) is 3.41. The predicted molar refractivity (Wildman–Crippen MR) is 132 cm³/mol. The molecule has 0 aliphatic rings. The fourth-order valence-electron chi connectivity index (χ4n) is 2.70. The van der Waals surface area contributed by atoms with Crippen molar-refractivity contribution >= 4 is 34.8 Å². The van der Waals surface area contributed by atoms with E-state index in [1.165, 1.54) is 22.3 Å². The first-order chi connectivity index (χ1) is 13.3. The van der Waals surface area contributed by atoms with Crippen molar-refractivity contribution in [2.24, 2.45) is 5.73 Å². The lowest BCUT2D eigenvalue weighted by atomic mass is 10.1. The third kappa shape index (κ3) is 10.8. The number of nitrogens with two attached hydrogens (primary N) is 1. The fraction of sp³-hybridized carbons (Fsp3) is 0.522. The maximum Gasteiger partial charge on any atom is 0.106 e. The molecule has 0 aliphatic carbocycles. The molecule has 1 atom stereocenters. The summed E-state index contributed by atoms with van der Waals surface area (Å²) >= 11 is 7.08. The molecule has 3 nitrogen and oxygen atoms in total. The summed E-state index contributed by atoms with van der Waals surface area (Å²) in [5.74, 6) is 2.84. The summed E-state index contributed by atoms with van der Waals surface area (Å²) in [5.41, 5.74) is 11.4. The molecule has 156 valence electrons. The van der Waals surface area contributed by atoms with E-state index >= 15 is 0 Å². The molecule has 0 amide bonds. The number of nitrogens with one attached hydrogen (secondary N) is 2. The van der Waals surface area contributed by atoms with Crippen molar-refractivity contribution in [1.82, 2.24) is 4.98 Å². The Morgan fingerprint density at radius 2 is 1.79 bits per heavy atom. The molecule has 0 aliphatic heterocycles. The van der Waals surface area contributed by atoms with Crippen LogP contribution in [0.2, 0.25) is 0 Å². The van der Waals surface area contributed by atoms with Crippen molar-refractivity contribution in [2.45, 2.75) is 66.3 Å². The van der Waals surface area contributed by atoms with Crippen molar-refractivity contribution in [1.29, 1.82) is 0 Å². The van der Waals surface area contributed by atoms with E-state index in [1.54, 1.807) is 0 Å². The third-order valence-electron chi connectivity index (χ3n) is 4.57. The lowest BCUT2D eigenvalue weighted by molar-refractivity contribution is 0.917. The van der Waals surface area contributed by atoms with Gasteiger partial charge in [-0.1, -0.05) is 47.2 Å². The fourth-order valence-corrected chi connectivity index (χ4v) is 3.98. The average molecular weight is 420 g/mol. The number of anilines is 1. The summed E-state index contributed by atoms with van der Waals surface area (Å²) in [7, 11) is 0. The van der Waals surface area contributed by atoms with E-state index in [9.17, 15) is 0 Å². The molecule has 1 rings (SSSR count). The topological polar surface area (TPSA) is 53.8 Å². The van der Waals surface area contributed by atoms with Crippen LogP contribution in [0.4, 0.5) is 5.82 Å². The summed E-state index contributed by atoms with van der Waals surface area (Å²) < 4.78 is 0. The molecule has 0 spiro atoms. The summed E-state index contributed by atoms with van der Waals surface area (Å²) in [4.78, 5) is 3.70. The van der Waals surface area contributed by atoms with Crippen LogP contribution in [0, 0.1) is 6.92 Å². The van der Waals surface area contributed by atoms with Crippen molar-refractivity contribution < 1.29 is 0 Å². The SMILES string of the molecule is CC(C)=CCC/C(C)=C/CC/C(C)=C/CSCC(Nc1[nH]ccc1C)C(N)=S. The number of rotatable bonds is 13. The van der Waals surface area contributed by atoms with Gasteiger partial charge in [-0.05, 0) is 71.9 Å². The van der Waals surface area contributed by atoms with Crippen LogP contribution in [-0.4, -0.2) is 27.5 Å². The van der Waals surface area contributed by atoms with Crippen molar-refractivity contribution in [3.63, 3.8) is 0 Å². The van der Waals surface area contributed by atoms with Crippen LogP contribution >= 0.6 is 24.0 Å². The number of thioether (sulfide) groups is 1. The van der Waals surface area contributed by atoms with Gasteiger partial charge in [0.2, 0.25) is 0 Å². The van der Waals surface area contributed by atoms with Crippen molar-refractivity contribution in [3.8, 4) is 0 Å². The van der Waals surface area contributed by atoms with Gasteiger partial charge in [0.1, 0.15) is 5.82 Å². The zero-order valence-corrected chi connectivity index (χ0v) is 19.7. The largest absolute Gasteiger partial charge is 0.392 e. The second-order valence-electron chi connectivity index (χ2n) is 7.63. The van der Waals surface area contributed by atoms with Crippen LogP contribution < -0.4 is 11.1 Å². The minimum Gasteiger partial charge on any atom is -0.392 e. The molecule has 4 N–H and O–H groups in total. The van der Waals surface area contributed by atoms with E-state index in [4.69, 9.17) is 18.0 Å². The number of hydrogen-bond donors (Lipinski definition) is 3. The molecule has 0 aromatic carbocycles. The molecule has 5 heteroatoms. The minimum absolute atomic E-state index is 0.00236. The normalized spacial score (nSPS) is 13.3. The van der Waals surface area contributed by atoms with Gasteiger partial charge in [0.15, 0.2) is 0 Å². The molecule has 0 fully saturated rings. The number of thiocarbonyl (C=S) groups is 1. The Labute approximate surface area is 181 Å². The van der Waals surface area contributed by atoms with E-state index < -0.39 is 0 Å². The van der Waals surface area contributed by atoms with Crippen LogP contribution in [0.5, 0.6) is 0 Å². The van der Waals surface area contributed by atoms with Gasteiger partial charge >= 0.3 is 0 Å². The first-order valence-electron chi connectivity index (χ1n) is 10.0. The van der Waals surface area contributed by atoms with E-state index in [-0.39, 0.29) is 6.04 Å². The monoisotopic (exact) mass is 419 g/mol. The molecule has 28 heavy (non-hydrogen) atoms. The average Bonchev–Trinajstić information content (AvgIpc) is 3.01. The molecule has 1 heterocycles. The molecular formula is C23H37N3S2. The summed E-state index contributed by atoms with van der Waals surface area (Å²) in [6.07, 6.45) is 13.5. The lowest BCUT2D eigenvalue weighted by Gasteiger charge is -2.17. The highest BCUT2D eigenvalue weighted by atomic mass is 32.2. The highest BCUT2D eigenvalue weighted by molar-refractivity contribution is 7.99. The van der Waals surface area contributed by atoms with Gasteiger partial charge in [0.25, 0.3) is 0 Å². The number of allylic oxidation sites excluding steroid dienone is 5. The maximum absolute atomic E-state index is 5.91. The Bertz CT molecular complexity index is 694. The summed E-state index contributed by atoms with van der Waals surface area (Å²) in [6, 6.07) is 2.04. The van der Waals surface area contributed by atoms with Gasteiger partial charge in [-0.25, -0.2) is 0 Å². The van der Waals surface area contributed by atoms with Crippen LogP contribution in [0.25, 0.3) is 0 Å². The minimum atomic E-state index is -0.00236. The van der Waals surface area contributed by atoms with E-state index in [0.29, 0.717) is 4.99 Å². The quantitative estimate of drug-likeness (QED) is 0.193. The third-order valence-corrected chi connectivity index (χ3v) is 5.83. The molecule has 1 aromatic rings. The van der Waals surface area contributed by atoms with Crippen LogP contribution in [0.1, 0.15) is 58.9 Å². The standard InChI is InChI=1S/C23H37N3S2/c1-17(2)8-6-9-18(3)10-7-11-19(4)13-15-28-16-21(22(24)27)26-23-20(5)12-14-25-23/h8,10,12-14,21,25-26H,6-7,9,11,15-16H2,1-5H3,(H2,24,27)/b18-10+,19-13+. The van der Waals surface area contributed by atoms with Crippen molar-refractivity contribution in [3.05, 3.63) is 52.8 Å². The van der Waals surface area contributed by atoms with E-state index in [1.807, 2.05) is 24.0 Å². The van der Waals surface area contributed by atoms with E-state index in [2.05, 4.69) is 63.1 Å². The zero-order valence-electron chi connectivity index (χ0n) is 18.1. The predicted octanol–water partition coefficient (Wildman–Crippen LogP) is 6.54. The molecule has 1 aromatic heterocycles. The van der Waals surface area contributed by atoms with Gasteiger partial charge < -0.3 is 16.0 Å². The molecule has 0 saturated heterocycles. The highest BCUT2D eigenvalue weighted by Crippen LogP contribution is 2.16. The van der Waals surface area contributed by atoms with Crippen molar-refractivity contribution in [2.75, 3.05) is 16.8 Å². The van der Waals surface area contributed by atoms with Gasteiger partial charge in [0, 0.05) is 17.7 Å². The Balaban J connectivity index is 2.31. The lowest BCUT2D eigenvalue weighted by Crippen LogP contribution is -2.36. The van der Waals surface area contributed by atoms with Crippen LogP contribution in [0.15, 0.2) is 47.2 Å². The second-order valence-corrected chi connectivity index (χ2v) is 9.18. The number of aromatic nitrogens is 1. The van der Waals surface area contributed by atoms with Crippen LogP contribution in [-0.2, 0) is 0 Å². The van der Waals surface area contributed by atoms with Crippen LogP contribution in [0.3, 0.4) is 0 Å². The summed E-state index contributed by atoms with van der Waals surface area (Å²) in [6.45, 7) is 10.8. The van der Waals surface area contributed by atoms with Gasteiger partial charge in [-0.3, -0.25) is 0 Å². The Kier molecular flexibility index (Phi) is 12.0. The van der Waals surface area contributed by atoms with Gasteiger partial charge in [-0.2, -0.15) is 11.8 Å². The van der Waals surface area contributed by atoms with Gasteiger partial charge in [0.05, 0.1) is 11.0 Å². The Morgan fingerprint density at radius 3 is 2.36 bits per heavy atom. The smallest absolute Gasteiger partial charge is 0.106 e. The molecule has 0 bridgehead atoms. The molecular weight excluding hydrogens is 382 g/mol. The number of hydrogen-bond acceptors (Lipinski definition) is 3. The molecule has 0 radical (unpaired) electrons. The Morgan fingerprint density at radius 1 is 1.14 bits per heavy atom. The maximum atomic E-state index is 5.91. The zero-order chi connectivity index (χ0) is 20.9. The number of H-pyrrole nitrogens is 1.